The Morgan fingerprint density at radius 1 is 0.551 bits per heavy atom. The molecule has 256 valence electrons. The van der Waals surface area contributed by atoms with Gasteiger partial charge in [-0.1, -0.05) is 61.9 Å². The van der Waals surface area contributed by atoms with Crippen molar-refractivity contribution in [1.29, 1.82) is 0 Å². The molecule has 13 heteroatoms. The first-order valence-electron chi connectivity index (χ1n) is 14.5. The molecule has 49 heavy (non-hydrogen) atoms. The Morgan fingerprint density at radius 2 is 1.08 bits per heavy atom. The molecular formula is C36H23F11O2. The average Bonchev–Trinajstić information content (AvgIpc) is 3.02. The van der Waals surface area contributed by atoms with Crippen LogP contribution in [0.3, 0.4) is 0 Å². The molecule has 0 fully saturated rings. The summed E-state index contributed by atoms with van der Waals surface area (Å²) in [7, 11) is 0. The van der Waals surface area contributed by atoms with Crippen LogP contribution in [-0.2, 0) is 12.5 Å². The minimum Gasteiger partial charge on any atom is -0.429 e. The fourth-order valence-electron chi connectivity index (χ4n) is 5.02. The zero-order valence-corrected chi connectivity index (χ0v) is 25.1. The lowest BCUT2D eigenvalue weighted by atomic mass is 9.96. The average molecular weight is 697 g/mol. The normalized spacial score (nSPS) is 12.0. The van der Waals surface area contributed by atoms with Crippen molar-refractivity contribution in [1.82, 2.24) is 0 Å². The van der Waals surface area contributed by atoms with Crippen molar-refractivity contribution >= 4 is 0 Å². The van der Waals surface area contributed by atoms with Gasteiger partial charge < -0.3 is 9.47 Å². The Kier molecular flexibility index (Phi) is 9.93. The van der Waals surface area contributed by atoms with Gasteiger partial charge in [0.1, 0.15) is 34.6 Å². The second-order valence-electron chi connectivity index (χ2n) is 10.8. The third kappa shape index (κ3) is 7.65. The Hall–Kier alpha value is -5.07. The maximum Gasteiger partial charge on any atom is 0.461 e. The molecule has 0 aliphatic carbocycles. The molecule has 0 radical (unpaired) electrons. The highest BCUT2D eigenvalue weighted by Crippen LogP contribution is 2.40. The van der Waals surface area contributed by atoms with E-state index in [2.05, 4.69) is 16.4 Å². The molecule has 5 aromatic carbocycles. The van der Waals surface area contributed by atoms with E-state index in [-0.39, 0.29) is 23.3 Å². The van der Waals surface area contributed by atoms with Gasteiger partial charge in [0.2, 0.25) is 0 Å². The SMILES string of the molecule is CCCc1ccc(-c2ccc(-c3ccc(-c4cc(F)c(C(F)(F)Oc5ccc(OC(F)(F)C(F)F)c(F)c5)c(F)c4)c(F)c3)c(F)c2)cc1. The van der Waals surface area contributed by atoms with Crippen molar-refractivity contribution in [3.05, 3.63) is 131 Å². The van der Waals surface area contributed by atoms with Crippen LogP contribution in [0.5, 0.6) is 11.5 Å². The van der Waals surface area contributed by atoms with Crippen LogP contribution >= 0.6 is 0 Å². The van der Waals surface area contributed by atoms with Gasteiger partial charge in [-0.3, -0.25) is 0 Å². The summed E-state index contributed by atoms with van der Waals surface area (Å²) in [5, 5.41) is 0. The first kappa shape index (κ1) is 35.2. The Bertz CT molecular complexity index is 1950. The molecule has 0 spiro atoms. The number of ether oxygens (including phenoxy) is 2. The van der Waals surface area contributed by atoms with Crippen molar-refractivity contribution in [2.24, 2.45) is 0 Å². The standard InChI is InChI=1S/C36H23F11O2/c1-2-3-19-4-6-20(7-5-19)21-8-11-25(27(37)14-21)22-9-12-26(28(38)15-22)23-16-30(40)33(31(41)17-23)35(44,45)48-24-10-13-32(29(39)18-24)49-36(46,47)34(42)43/h4-18,34H,2-3H2,1H3. The highest BCUT2D eigenvalue weighted by atomic mass is 19.3. The van der Waals surface area contributed by atoms with E-state index < -0.39 is 75.9 Å². The van der Waals surface area contributed by atoms with Crippen LogP contribution in [0.1, 0.15) is 24.5 Å². The quantitative estimate of drug-likeness (QED) is 0.128. The van der Waals surface area contributed by atoms with Gasteiger partial charge in [-0.15, -0.1) is 0 Å². The molecule has 0 heterocycles. The molecular weight excluding hydrogens is 673 g/mol. The summed E-state index contributed by atoms with van der Waals surface area (Å²) < 4.78 is 163. The molecule has 0 atom stereocenters. The molecule has 0 unspecified atom stereocenters. The lowest BCUT2D eigenvalue weighted by Crippen LogP contribution is -2.33. The lowest BCUT2D eigenvalue weighted by Gasteiger charge is -2.21. The van der Waals surface area contributed by atoms with Crippen LogP contribution in [0.15, 0.2) is 91.0 Å². The Labute approximate surface area is 272 Å². The molecule has 0 N–H and O–H groups in total. The van der Waals surface area contributed by atoms with Crippen LogP contribution in [-0.4, -0.2) is 12.5 Å². The topological polar surface area (TPSA) is 18.5 Å². The molecule has 0 aromatic heterocycles. The number of aryl methyl sites for hydroxylation is 1. The summed E-state index contributed by atoms with van der Waals surface area (Å²) in [6.45, 7) is 2.05. The second kappa shape index (κ2) is 13.8. The van der Waals surface area contributed by atoms with E-state index in [1.54, 1.807) is 6.07 Å². The van der Waals surface area contributed by atoms with Crippen LogP contribution in [0.4, 0.5) is 48.3 Å². The van der Waals surface area contributed by atoms with E-state index in [4.69, 9.17) is 0 Å². The second-order valence-corrected chi connectivity index (χ2v) is 10.8. The monoisotopic (exact) mass is 696 g/mol. The van der Waals surface area contributed by atoms with E-state index in [9.17, 15) is 39.5 Å². The molecule has 0 saturated carbocycles. The number of alkyl halides is 6. The highest BCUT2D eigenvalue weighted by molar-refractivity contribution is 5.74. The first-order valence-corrected chi connectivity index (χ1v) is 14.5. The number of benzene rings is 5. The van der Waals surface area contributed by atoms with E-state index in [0.717, 1.165) is 36.1 Å². The van der Waals surface area contributed by atoms with Gasteiger partial charge in [0.25, 0.3) is 0 Å². The van der Waals surface area contributed by atoms with Crippen molar-refractivity contribution in [2.75, 3.05) is 0 Å². The van der Waals surface area contributed by atoms with E-state index in [1.807, 2.05) is 24.3 Å². The summed E-state index contributed by atoms with van der Waals surface area (Å²) >= 11 is 0. The third-order valence-corrected chi connectivity index (χ3v) is 7.37. The zero-order chi connectivity index (χ0) is 35.7. The minimum atomic E-state index is -5.11. The van der Waals surface area contributed by atoms with E-state index in [0.29, 0.717) is 23.8 Å². The van der Waals surface area contributed by atoms with Gasteiger partial charge in [0, 0.05) is 17.2 Å². The largest absolute Gasteiger partial charge is 0.461 e. The first-order chi connectivity index (χ1) is 23.1. The summed E-state index contributed by atoms with van der Waals surface area (Å²) in [5.41, 5.74) is -0.282. The minimum absolute atomic E-state index is 0.0278. The summed E-state index contributed by atoms with van der Waals surface area (Å²) in [6, 6.07) is 16.7. The van der Waals surface area contributed by atoms with Gasteiger partial charge >= 0.3 is 18.6 Å². The molecule has 0 aliphatic rings. The molecule has 0 saturated heterocycles. The van der Waals surface area contributed by atoms with Gasteiger partial charge in [0.05, 0.1) is 0 Å². The number of rotatable bonds is 11. The van der Waals surface area contributed by atoms with Crippen LogP contribution in [0.2, 0.25) is 0 Å². The van der Waals surface area contributed by atoms with Crippen LogP contribution in [0.25, 0.3) is 33.4 Å². The van der Waals surface area contributed by atoms with Crippen LogP contribution < -0.4 is 9.47 Å². The lowest BCUT2D eigenvalue weighted by molar-refractivity contribution is -0.254. The van der Waals surface area contributed by atoms with Crippen molar-refractivity contribution in [2.45, 2.75) is 38.4 Å². The number of halogens is 11. The molecule has 5 rings (SSSR count). The van der Waals surface area contributed by atoms with E-state index in [1.165, 1.54) is 18.2 Å². The van der Waals surface area contributed by atoms with Gasteiger partial charge in [-0.05, 0) is 70.6 Å². The predicted molar refractivity (Wildman–Crippen MR) is 159 cm³/mol. The van der Waals surface area contributed by atoms with Gasteiger partial charge in [-0.25, -0.2) is 22.0 Å². The molecule has 0 aliphatic heterocycles. The molecule has 0 amide bonds. The molecule has 0 bridgehead atoms. The van der Waals surface area contributed by atoms with Crippen molar-refractivity contribution in [3.8, 4) is 44.9 Å². The highest BCUT2D eigenvalue weighted by Gasteiger charge is 2.45. The summed E-state index contributed by atoms with van der Waals surface area (Å²) in [6.07, 6.45) is -12.4. The van der Waals surface area contributed by atoms with Gasteiger partial charge in [0.15, 0.2) is 11.6 Å². The summed E-state index contributed by atoms with van der Waals surface area (Å²) in [4.78, 5) is 0. The van der Waals surface area contributed by atoms with Crippen molar-refractivity contribution < 1.29 is 57.8 Å². The fraction of sp³-hybridized carbons (Fsp3) is 0.167. The maximum atomic E-state index is 15.2. The maximum absolute atomic E-state index is 15.2. The molecule has 5 aromatic rings. The fourth-order valence-corrected chi connectivity index (χ4v) is 5.02. The van der Waals surface area contributed by atoms with Crippen LogP contribution in [0, 0.1) is 29.1 Å². The third-order valence-electron chi connectivity index (χ3n) is 7.37. The predicted octanol–water partition coefficient (Wildman–Crippen LogP) is 11.7. The zero-order valence-electron chi connectivity index (χ0n) is 25.1. The Morgan fingerprint density at radius 3 is 1.63 bits per heavy atom. The molecule has 2 nitrogen and oxygen atoms in total. The van der Waals surface area contributed by atoms with Crippen molar-refractivity contribution in [3.63, 3.8) is 0 Å². The smallest absolute Gasteiger partial charge is 0.429 e. The number of hydrogen-bond acceptors (Lipinski definition) is 2. The summed E-state index contributed by atoms with van der Waals surface area (Å²) in [5.74, 6) is -9.92. The van der Waals surface area contributed by atoms with E-state index >= 15 is 8.78 Å². The van der Waals surface area contributed by atoms with Gasteiger partial charge in [-0.2, -0.15) is 26.3 Å². The Balaban J connectivity index is 1.36. The number of hydrogen-bond donors (Lipinski definition) is 0.